The van der Waals surface area contributed by atoms with E-state index in [2.05, 4.69) is 24.1 Å². The highest BCUT2D eigenvalue weighted by molar-refractivity contribution is 7.12. The summed E-state index contributed by atoms with van der Waals surface area (Å²) in [5.41, 5.74) is 1.15. The number of carbonyl (C=O) groups is 2. The van der Waals surface area contributed by atoms with Gasteiger partial charge in [-0.05, 0) is 24.8 Å². The predicted octanol–water partition coefficient (Wildman–Crippen LogP) is 3.40. The third kappa shape index (κ3) is 4.74. The lowest BCUT2D eigenvalue weighted by Gasteiger charge is -2.03. The summed E-state index contributed by atoms with van der Waals surface area (Å²) in [6, 6.07) is 3.64. The fourth-order valence-corrected chi connectivity index (χ4v) is 3.82. The van der Waals surface area contributed by atoms with Crippen LogP contribution in [-0.4, -0.2) is 23.2 Å². The molecule has 0 aliphatic carbocycles. The lowest BCUT2D eigenvalue weighted by molar-refractivity contribution is -0.121. The number of rotatable bonds is 8. The summed E-state index contributed by atoms with van der Waals surface area (Å²) in [5.74, 6) is -0.0396. The molecule has 2 rings (SSSR count). The molecular weight excluding hydrogens is 316 g/mol. The van der Waals surface area contributed by atoms with Gasteiger partial charge in [-0.1, -0.05) is 13.0 Å². The molecule has 0 aliphatic rings. The van der Waals surface area contributed by atoms with E-state index in [4.69, 9.17) is 0 Å². The molecule has 4 nitrogen and oxygen atoms in total. The van der Waals surface area contributed by atoms with Crippen LogP contribution in [0.25, 0.3) is 0 Å². The van der Waals surface area contributed by atoms with E-state index in [1.807, 2.05) is 11.4 Å². The summed E-state index contributed by atoms with van der Waals surface area (Å²) in [4.78, 5) is 30.1. The van der Waals surface area contributed by atoms with E-state index in [1.54, 1.807) is 17.4 Å². The molecular formula is C16H20N2O2S2. The molecule has 0 spiro atoms. The summed E-state index contributed by atoms with van der Waals surface area (Å²) in [6.45, 7) is 4.75. The fourth-order valence-electron chi connectivity index (χ4n) is 2.11. The van der Waals surface area contributed by atoms with E-state index >= 15 is 0 Å². The molecule has 2 aromatic rings. The summed E-state index contributed by atoms with van der Waals surface area (Å²) >= 11 is 3.11. The van der Waals surface area contributed by atoms with Crippen LogP contribution in [0.15, 0.2) is 17.5 Å². The van der Waals surface area contributed by atoms with Crippen molar-refractivity contribution in [2.75, 3.05) is 6.54 Å². The topological polar surface area (TPSA) is 59.1 Å². The van der Waals surface area contributed by atoms with Crippen LogP contribution in [0.3, 0.4) is 0 Å². The molecule has 0 aromatic carbocycles. The molecule has 2 heterocycles. The van der Waals surface area contributed by atoms with Gasteiger partial charge in [0.1, 0.15) is 0 Å². The van der Waals surface area contributed by atoms with Crippen LogP contribution in [0, 0.1) is 6.92 Å². The zero-order valence-corrected chi connectivity index (χ0v) is 14.5. The molecule has 0 unspecified atom stereocenters. The number of aryl methyl sites for hydroxylation is 2. The Morgan fingerprint density at radius 3 is 2.77 bits per heavy atom. The number of carbonyl (C=O) groups excluding carboxylic acids is 2. The molecule has 0 atom stereocenters. The second kappa shape index (κ2) is 8.19. The van der Waals surface area contributed by atoms with E-state index in [0.717, 1.165) is 28.4 Å². The molecule has 6 heteroatoms. The number of ketones is 1. The largest absolute Gasteiger partial charge is 0.356 e. The monoisotopic (exact) mass is 336 g/mol. The van der Waals surface area contributed by atoms with E-state index in [-0.39, 0.29) is 24.5 Å². The van der Waals surface area contributed by atoms with Gasteiger partial charge in [0.15, 0.2) is 5.78 Å². The van der Waals surface area contributed by atoms with Gasteiger partial charge in [-0.2, -0.15) is 0 Å². The maximum atomic E-state index is 11.8. The summed E-state index contributed by atoms with van der Waals surface area (Å²) in [5, 5.41) is 5.79. The second-order valence-electron chi connectivity index (χ2n) is 4.96. The minimum atomic E-state index is -0.0751. The average molecular weight is 336 g/mol. The number of nitrogens with one attached hydrogen (secondary N) is 1. The van der Waals surface area contributed by atoms with Gasteiger partial charge in [0.05, 0.1) is 15.6 Å². The Morgan fingerprint density at radius 1 is 1.32 bits per heavy atom. The smallest absolute Gasteiger partial charge is 0.220 e. The quantitative estimate of drug-likeness (QED) is 0.752. The van der Waals surface area contributed by atoms with E-state index < -0.39 is 0 Å². The van der Waals surface area contributed by atoms with Crippen LogP contribution in [0.5, 0.6) is 0 Å². The molecule has 118 valence electrons. The van der Waals surface area contributed by atoms with Crippen molar-refractivity contribution in [2.24, 2.45) is 0 Å². The summed E-state index contributed by atoms with van der Waals surface area (Å²) < 4.78 is 0. The lowest BCUT2D eigenvalue weighted by atomic mass is 10.2. The van der Waals surface area contributed by atoms with Crippen LogP contribution in [0.4, 0.5) is 0 Å². The molecule has 22 heavy (non-hydrogen) atoms. The second-order valence-corrected chi connectivity index (χ2v) is 7.20. The van der Waals surface area contributed by atoms with Crippen LogP contribution in [0.2, 0.25) is 0 Å². The Labute approximate surface area is 138 Å². The van der Waals surface area contributed by atoms with Gasteiger partial charge >= 0.3 is 0 Å². The molecule has 1 N–H and O–H groups in total. The first-order valence-corrected chi connectivity index (χ1v) is 9.08. The van der Waals surface area contributed by atoms with Crippen LogP contribution < -0.4 is 5.32 Å². The third-order valence-electron chi connectivity index (χ3n) is 3.31. The summed E-state index contributed by atoms with van der Waals surface area (Å²) in [7, 11) is 0. The van der Waals surface area contributed by atoms with Crippen LogP contribution >= 0.6 is 22.7 Å². The number of thiazole rings is 1. The highest BCUT2D eigenvalue weighted by Crippen LogP contribution is 2.18. The molecule has 0 bridgehead atoms. The van der Waals surface area contributed by atoms with Crippen molar-refractivity contribution in [2.45, 2.75) is 39.5 Å². The predicted molar refractivity (Wildman–Crippen MR) is 90.8 cm³/mol. The van der Waals surface area contributed by atoms with Crippen molar-refractivity contribution in [3.8, 4) is 0 Å². The van der Waals surface area contributed by atoms with Crippen LogP contribution in [-0.2, 0) is 17.6 Å². The van der Waals surface area contributed by atoms with E-state index in [9.17, 15) is 9.59 Å². The van der Waals surface area contributed by atoms with Gasteiger partial charge in [-0.15, -0.1) is 22.7 Å². The van der Waals surface area contributed by atoms with Gasteiger partial charge < -0.3 is 5.32 Å². The highest BCUT2D eigenvalue weighted by Gasteiger charge is 2.10. The fraction of sp³-hybridized carbons (Fsp3) is 0.438. The van der Waals surface area contributed by atoms with Crippen molar-refractivity contribution in [3.63, 3.8) is 0 Å². The van der Waals surface area contributed by atoms with Crippen molar-refractivity contribution in [3.05, 3.63) is 38.0 Å². The standard InChI is InChI=1S/C16H20N2O2S2/c1-3-12-11(2)22-16(18-12)8-9-17-15(20)7-6-13(19)14-5-4-10-21-14/h4-5,10H,3,6-9H2,1-2H3,(H,17,20). The molecule has 0 saturated carbocycles. The number of thiophene rings is 1. The first kappa shape index (κ1) is 16.8. The molecule has 0 radical (unpaired) electrons. The van der Waals surface area contributed by atoms with Gasteiger partial charge in [-0.3, -0.25) is 9.59 Å². The zero-order chi connectivity index (χ0) is 15.9. The molecule has 0 aliphatic heterocycles. The minimum absolute atomic E-state index is 0.0354. The first-order valence-electron chi connectivity index (χ1n) is 7.38. The summed E-state index contributed by atoms with van der Waals surface area (Å²) in [6.07, 6.45) is 2.20. The number of Topliss-reactive ketones (excluding diaryl/α,β-unsaturated/α-hetero) is 1. The van der Waals surface area contributed by atoms with Crippen molar-refractivity contribution in [1.82, 2.24) is 10.3 Å². The Bertz CT molecular complexity index is 633. The SMILES string of the molecule is CCc1nc(CCNC(=O)CCC(=O)c2cccs2)sc1C. The zero-order valence-electron chi connectivity index (χ0n) is 12.8. The number of hydrogen-bond donors (Lipinski definition) is 1. The normalized spacial score (nSPS) is 10.6. The Kier molecular flexibility index (Phi) is 6.27. The minimum Gasteiger partial charge on any atom is -0.356 e. The number of amides is 1. The molecule has 1 amide bonds. The van der Waals surface area contributed by atoms with Crippen LogP contribution in [0.1, 0.15) is 45.0 Å². The highest BCUT2D eigenvalue weighted by atomic mass is 32.1. The van der Waals surface area contributed by atoms with Gasteiger partial charge in [0, 0.05) is 30.7 Å². The lowest BCUT2D eigenvalue weighted by Crippen LogP contribution is -2.26. The van der Waals surface area contributed by atoms with Crippen molar-refractivity contribution in [1.29, 1.82) is 0 Å². The molecule has 0 saturated heterocycles. The molecule has 0 fully saturated rings. The van der Waals surface area contributed by atoms with Crippen molar-refractivity contribution < 1.29 is 9.59 Å². The van der Waals surface area contributed by atoms with Gasteiger partial charge in [0.25, 0.3) is 0 Å². The Morgan fingerprint density at radius 2 is 2.14 bits per heavy atom. The van der Waals surface area contributed by atoms with Gasteiger partial charge in [-0.25, -0.2) is 4.98 Å². The maximum Gasteiger partial charge on any atom is 0.220 e. The first-order chi connectivity index (χ1) is 10.6. The molecule has 2 aromatic heterocycles. The third-order valence-corrected chi connectivity index (χ3v) is 5.29. The number of nitrogens with zero attached hydrogens (tertiary/aromatic N) is 1. The van der Waals surface area contributed by atoms with Crippen molar-refractivity contribution >= 4 is 34.4 Å². The Balaban J connectivity index is 1.68. The number of hydrogen-bond acceptors (Lipinski definition) is 5. The number of aromatic nitrogens is 1. The maximum absolute atomic E-state index is 11.8. The average Bonchev–Trinajstić information content (AvgIpc) is 3.14. The van der Waals surface area contributed by atoms with E-state index in [1.165, 1.54) is 16.2 Å². The Hall–Kier alpha value is -1.53. The van der Waals surface area contributed by atoms with Gasteiger partial charge in [0.2, 0.25) is 5.91 Å². The van der Waals surface area contributed by atoms with E-state index in [0.29, 0.717) is 6.54 Å².